The van der Waals surface area contributed by atoms with Gasteiger partial charge in [0.05, 0.1) is 19.0 Å². The van der Waals surface area contributed by atoms with Gasteiger partial charge in [-0.2, -0.15) is 5.10 Å². The van der Waals surface area contributed by atoms with E-state index in [2.05, 4.69) is 31.7 Å². The van der Waals surface area contributed by atoms with Gasteiger partial charge in [0.1, 0.15) is 5.82 Å². The average Bonchev–Trinajstić information content (AvgIpc) is 3.33. The van der Waals surface area contributed by atoms with Crippen molar-refractivity contribution >= 4 is 33.6 Å². The molecule has 0 aliphatic carbocycles. The van der Waals surface area contributed by atoms with Crippen LogP contribution in [0.2, 0.25) is 0 Å². The van der Waals surface area contributed by atoms with Crippen LogP contribution in [0.1, 0.15) is 29.0 Å². The standard InChI is InChI=1S/C19H19BrN4O3/c20-15-6-2-1-5-14(15)13-24-17(9-11-22-24)23-18(25)8-3-10-21-19(26)16-7-4-12-27-16/h1-2,4-7,9,11-12H,3,8,10,13H2,(H,21,26)(H,23,25). The number of carbonyl (C=O) groups excluding carboxylic acids is 2. The number of amides is 2. The molecule has 7 nitrogen and oxygen atoms in total. The Morgan fingerprint density at radius 2 is 2.00 bits per heavy atom. The summed E-state index contributed by atoms with van der Waals surface area (Å²) in [6.07, 6.45) is 3.91. The first kappa shape index (κ1) is 18.9. The second-order valence-electron chi connectivity index (χ2n) is 5.85. The fraction of sp³-hybridized carbons (Fsp3) is 0.211. The Balaban J connectivity index is 1.45. The highest BCUT2D eigenvalue weighted by atomic mass is 79.9. The van der Waals surface area contributed by atoms with Crippen molar-refractivity contribution in [3.05, 3.63) is 70.7 Å². The van der Waals surface area contributed by atoms with Crippen LogP contribution in [0.4, 0.5) is 5.82 Å². The highest BCUT2D eigenvalue weighted by Crippen LogP contribution is 2.18. The molecule has 2 aromatic heterocycles. The number of nitrogens with zero attached hydrogens (tertiary/aromatic N) is 2. The molecule has 0 radical (unpaired) electrons. The molecule has 0 aliphatic rings. The first-order valence-electron chi connectivity index (χ1n) is 8.50. The number of hydrogen-bond donors (Lipinski definition) is 2. The molecule has 0 saturated carbocycles. The van der Waals surface area contributed by atoms with Gasteiger partial charge in [-0.1, -0.05) is 34.1 Å². The Labute approximate surface area is 164 Å². The number of nitrogens with one attached hydrogen (secondary N) is 2. The molecule has 0 fully saturated rings. The number of benzene rings is 1. The first-order valence-corrected chi connectivity index (χ1v) is 9.29. The van der Waals surface area contributed by atoms with Crippen LogP contribution in [0.25, 0.3) is 0 Å². The van der Waals surface area contributed by atoms with Crippen molar-refractivity contribution in [3.8, 4) is 0 Å². The van der Waals surface area contributed by atoms with Crippen molar-refractivity contribution in [1.29, 1.82) is 0 Å². The number of hydrogen-bond acceptors (Lipinski definition) is 4. The fourth-order valence-electron chi connectivity index (χ4n) is 2.50. The molecule has 1 aromatic carbocycles. The number of aromatic nitrogens is 2. The Bertz CT molecular complexity index is 905. The monoisotopic (exact) mass is 430 g/mol. The smallest absolute Gasteiger partial charge is 0.286 e. The van der Waals surface area contributed by atoms with E-state index in [1.807, 2.05) is 24.3 Å². The number of rotatable bonds is 8. The second kappa shape index (κ2) is 9.18. The average molecular weight is 431 g/mol. The minimum atomic E-state index is -0.285. The maximum absolute atomic E-state index is 12.2. The summed E-state index contributed by atoms with van der Waals surface area (Å²) in [4.78, 5) is 23.9. The Morgan fingerprint density at radius 1 is 1.15 bits per heavy atom. The lowest BCUT2D eigenvalue weighted by atomic mass is 10.2. The quantitative estimate of drug-likeness (QED) is 0.535. The van der Waals surface area contributed by atoms with E-state index in [9.17, 15) is 9.59 Å². The minimum absolute atomic E-state index is 0.129. The SMILES string of the molecule is O=C(CCCNC(=O)c1ccco1)Nc1ccnn1Cc1ccccc1Br. The first-order chi connectivity index (χ1) is 13.1. The van der Waals surface area contributed by atoms with E-state index in [0.29, 0.717) is 31.7 Å². The highest BCUT2D eigenvalue weighted by Gasteiger charge is 2.10. The molecule has 3 rings (SSSR count). The van der Waals surface area contributed by atoms with E-state index >= 15 is 0 Å². The van der Waals surface area contributed by atoms with Gasteiger partial charge < -0.3 is 15.1 Å². The van der Waals surface area contributed by atoms with E-state index < -0.39 is 0 Å². The van der Waals surface area contributed by atoms with Crippen LogP contribution in [-0.2, 0) is 11.3 Å². The van der Waals surface area contributed by atoms with Gasteiger partial charge >= 0.3 is 0 Å². The molecule has 140 valence electrons. The lowest BCUT2D eigenvalue weighted by Crippen LogP contribution is -2.25. The van der Waals surface area contributed by atoms with Crippen molar-refractivity contribution in [3.63, 3.8) is 0 Å². The molecule has 2 heterocycles. The zero-order valence-electron chi connectivity index (χ0n) is 14.5. The summed E-state index contributed by atoms with van der Waals surface area (Å²) in [5.74, 6) is 0.480. The van der Waals surface area contributed by atoms with E-state index in [4.69, 9.17) is 4.42 Å². The van der Waals surface area contributed by atoms with Crippen LogP contribution in [0.15, 0.2) is 63.8 Å². The van der Waals surface area contributed by atoms with E-state index in [0.717, 1.165) is 10.0 Å². The van der Waals surface area contributed by atoms with Crippen molar-refractivity contribution < 1.29 is 14.0 Å². The molecular weight excluding hydrogens is 412 g/mol. The molecule has 0 spiro atoms. The summed E-state index contributed by atoms with van der Waals surface area (Å²) in [7, 11) is 0. The van der Waals surface area contributed by atoms with Gasteiger partial charge in [0, 0.05) is 23.5 Å². The van der Waals surface area contributed by atoms with Crippen LogP contribution in [0.3, 0.4) is 0 Å². The molecule has 0 bridgehead atoms. The topological polar surface area (TPSA) is 89.2 Å². The number of halogens is 1. The van der Waals surface area contributed by atoms with Crippen molar-refractivity contribution in [2.24, 2.45) is 0 Å². The molecule has 3 aromatic rings. The molecule has 27 heavy (non-hydrogen) atoms. The Morgan fingerprint density at radius 3 is 2.78 bits per heavy atom. The number of furan rings is 1. The summed E-state index contributed by atoms with van der Waals surface area (Å²) in [6, 6.07) is 12.9. The predicted octanol–water partition coefficient (Wildman–Crippen LogP) is 3.44. The van der Waals surface area contributed by atoms with Crippen molar-refractivity contribution in [2.75, 3.05) is 11.9 Å². The molecule has 2 N–H and O–H groups in total. The maximum Gasteiger partial charge on any atom is 0.286 e. The number of carbonyl (C=O) groups is 2. The van der Waals surface area contributed by atoms with Gasteiger partial charge in [-0.3, -0.25) is 9.59 Å². The zero-order valence-corrected chi connectivity index (χ0v) is 16.1. The Kier molecular flexibility index (Phi) is 6.43. The third kappa shape index (κ3) is 5.30. The van der Waals surface area contributed by atoms with E-state index in [1.165, 1.54) is 6.26 Å². The zero-order chi connectivity index (χ0) is 19.1. The van der Waals surface area contributed by atoms with E-state index in [-0.39, 0.29) is 17.6 Å². The maximum atomic E-state index is 12.2. The molecule has 0 aliphatic heterocycles. The largest absolute Gasteiger partial charge is 0.459 e. The van der Waals surface area contributed by atoms with Gasteiger partial charge in [-0.15, -0.1) is 0 Å². The summed E-state index contributed by atoms with van der Waals surface area (Å²) in [5.41, 5.74) is 1.07. The molecule has 0 unspecified atom stereocenters. The van der Waals surface area contributed by atoms with Crippen molar-refractivity contribution in [2.45, 2.75) is 19.4 Å². The van der Waals surface area contributed by atoms with Gasteiger partial charge in [0.2, 0.25) is 5.91 Å². The van der Waals surface area contributed by atoms with Crippen LogP contribution < -0.4 is 10.6 Å². The molecule has 8 heteroatoms. The minimum Gasteiger partial charge on any atom is -0.459 e. The number of anilines is 1. The van der Waals surface area contributed by atoms with Gasteiger partial charge in [-0.25, -0.2) is 4.68 Å². The molecule has 0 saturated heterocycles. The normalized spacial score (nSPS) is 10.6. The van der Waals surface area contributed by atoms with Gasteiger partial charge in [0.25, 0.3) is 5.91 Å². The second-order valence-corrected chi connectivity index (χ2v) is 6.70. The van der Waals surface area contributed by atoms with Gasteiger partial charge in [0.15, 0.2) is 5.76 Å². The summed E-state index contributed by atoms with van der Waals surface area (Å²) < 4.78 is 7.73. The fourth-order valence-corrected chi connectivity index (χ4v) is 2.91. The molecular formula is C19H19BrN4O3. The Hall–Kier alpha value is -2.87. The third-order valence-corrected chi connectivity index (χ3v) is 4.65. The highest BCUT2D eigenvalue weighted by molar-refractivity contribution is 9.10. The van der Waals surface area contributed by atoms with Crippen LogP contribution in [0.5, 0.6) is 0 Å². The molecule has 0 atom stereocenters. The lowest BCUT2D eigenvalue weighted by Gasteiger charge is -2.10. The molecule has 2 amide bonds. The van der Waals surface area contributed by atoms with E-state index in [1.54, 1.807) is 29.1 Å². The third-order valence-electron chi connectivity index (χ3n) is 3.87. The summed E-state index contributed by atoms with van der Waals surface area (Å²) in [5, 5.41) is 9.84. The van der Waals surface area contributed by atoms with Crippen LogP contribution in [-0.4, -0.2) is 28.1 Å². The lowest BCUT2D eigenvalue weighted by molar-refractivity contribution is -0.116. The van der Waals surface area contributed by atoms with Crippen LogP contribution in [0, 0.1) is 0 Å². The van der Waals surface area contributed by atoms with Gasteiger partial charge in [-0.05, 0) is 30.2 Å². The predicted molar refractivity (Wildman–Crippen MR) is 104 cm³/mol. The van der Waals surface area contributed by atoms with Crippen molar-refractivity contribution in [1.82, 2.24) is 15.1 Å². The summed E-state index contributed by atoms with van der Waals surface area (Å²) >= 11 is 3.52. The summed E-state index contributed by atoms with van der Waals surface area (Å²) in [6.45, 7) is 0.937. The van der Waals surface area contributed by atoms with Crippen LogP contribution >= 0.6 is 15.9 Å².